The van der Waals surface area contributed by atoms with E-state index in [1.807, 2.05) is 0 Å². The van der Waals surface area contributed by atoms with Gasteiger partial charge < -0.3 is 0 Å². The van der Waals surface area contributed by atoms with E-state index >= 15 is 0 Å². The molecule has 0 amide bonds. The van der Waals surface area contributed by atoms with E-state index in [0.29, 0.717) is 0 Å². The van der Waals surface area contributed by atoms with Crippen LogP contribution in [-0.2, 0) is 0 Å². The van der Waals surface area contributed by atoms with Gasteiger partial charge in [-0.1, -0.05) is 30.4 Å². The number of allylic oxidation sites excluding steroid dienone is 6. The van der Waals surface area contributed by atoms with Gasteiger partial charge in [-0.05, 0) is 38.2 Å². The first-order valence-corrected chi connectivity index (χ1v) is 4.35. The van der Waals surface area contributed by atoms with Gasteiger partial charge in [0.05, 0.1) is 0 Å². The highest BCUT2D eigenvalue weighted by Gasteiger charge is 1.81. The third kappa shape index (κ3) is 4.60. The second kappa shape index (κ2) is 5.96. The van der Waals surface area contributed by atoms with Crippen molar-refractivity contribution in [3.63, 3.8) is 0 Å². The molecule has 0 aromatic carbocycles. The summed E-state index contributed by atoms with van der Waals surface area (Å²) < 4.78 is 0. The van der Waals surface area contributed by atoms with Crippen LogP contribution in [0.2, 0.25) is 0 Å². The standard InChI is InChI=1S/C11H15/c1-2-4-6-8-10-11-9-7-5-3-1/h1-2,5,8,10H,3-4,6,9,11H2/b2-1-,7-5?,10-8+. The van der Waals surface area contributed by atoms with E-state index in [4.69, 9.17) is 0 Å². The molecule has 0 heteroatoms. The Kier molecular flexibility index (Phi) is 4.51. The van der Waals surface area contributed by atoms with E-state index < -0.39 is 0 Å². The van der Waals surface area contributed by atoms with Crippen molar-refractivity contribution in [3.8, 4) is 0 Å². The van der Waals surface area contributed by atoms with Crippen LogP contribution < -0.4 is 0 Å². The predicted octanol–water partition coefficient (Wildman–Crippen LogP) is 3.42. The zero-order valence-electron chi connectivity index (χ0n) is 6.92. The van der Waals surface area contributed by atoms with Gasteiger partial charge in [-0.3, -0.25) is 0 Å². The highest BCUT2D eigenvalue weighted by molar-refractivity contribution is 4.94. The van der Waals surface area contributed by atoms with Crippen molar-refractivity contribution in [1.82, 2.24) is 0 Å². The van der Waals surface area contributed by atoms with E-state index in [9.17, 15) is 0 Å². The second-order valence-corrected chi connectivity index (χ2v) is 2.70. The summed E-state index contributed by atoms with van der Waals surface area (Å²) in [5.41, 5.74) is 0. The van der Waals surface area contributed by atoms with Crippen LogP contribution in [0.25, 0.3) is 0 Å². The van der Waals surface area contributed by atoms with Gasteiger partial charge in [0.2, 0.25) is 0 Å². The van der Waals surface area contributed by atoms with E-state index in [0.717, 1.165) is 19.3 Å². The molecule has 0 bridgehead atoms. The van der Waals surface area contributed by atoms with Gasteiger partial charge in [0.1, 0.15) is 0 Å². The molecule has 1 aliphatic rings. The Labute approximate surface area is 69.3 Å². The topological polar surface area (TPSA) is 0 Å². The molecule has 1 rings (SSSR count). The van der Waals surface area contributed by atoms with Crippen LogP contribution in [0.3, 0.4) is 0 Å². The summed E-state index contributed by atoms with van der Waals surface area (Å²) in [4.78, 5) is 0. The van der Waals surface area contributed by atoms with Crippen LogP contribution in [0.1, 0.15) is 32.1 Å². The molecule has 0 fully saturated rings. The minimum absolute atomic E-state index is 1.06. The molecule has 0 aromatic rings. The van der Waals surface area contributed by atoms with Crippen molar-refractivity contribution in [3.05, 3.63) is 36.5 Å². The van der Waals surface area contributed by atoms with Gasteiger partial charge in [0, 0.05) is 0 Å². The molecule has 0 heterocycles. The fraction of sp³-hybridized carbons (Fsp3) is 0.455. The summed E-state index contributed by atoms with van der Waals surface area (Å²) in [7, 11) is 0. The first-order valence-electron chi connectivity index (χ1n) is 4.35. The Morgan fingerprint density at radius 1 is 0.818 bits per heavy atom. The smallest absolute Gasteiger partial charge is 0.0163 e. The normalized spacial score (nSPS) is 28.4. The molecule has 0 aliphatic heterocycles. The largest absolute Gasteiger partial charge is 0.0882 e. The molecule has 0 spiro atoms. The molecule has 0 saturated heterocycles. The molecule has 1 aliphatic carbocycles. The van der Waals surface area contributed by atoms with Gasteiger partial charge in [-0.2, -0.15) is 0 Å². The van der Waals surface area contributed by atoms with Crippen LogP contribution in [0.5, 0.6) is 0 Å². The molecule has 0 atom stereocenters. The van der Waals surface area contributed by atoms with Crippen molar-refractivity contribution in [2.45, 2.75) is 32.1 Å². The monoisotopic (exact) mass is 147 g/mol. The lowest BCUT2D eigenvalue weighted by Gasteiger charge is -1.85. The van der Waals surface area contributed by atoms with Gasteiger partial charge in [-0.15, -0.1) is 0 Å². The van der Waals surface area contributed by atoms with Gasteiger partial charge in [0.15, 0.2) is 0 Å². The number of hydrogen-bond donors (Lipinski definition) is 0. The summed E-state index contributed by atoms with van der Waals surface area (Å²) in [5.74, 6) is 0. The fourth-order valence-corrected chi connectivity index (χ4v) is 1.06. The number of rotatable bonds is 0. The van der Waals surface area contributed by atoms with E-state index in [-0.39, 0.29) is 0 Å². The van der Waals surface area contributed by atoms with Crippen LogP contribution in [0.4, 0.5) is 0 Å². The zero-order valence-corrected chi connectivity index (χ0v) is 6.92. The van der Waals surface area contributed by atoms with E-state index in [1.54, 1.807) is 0 Å². The first-order chi connectivity index (χ1) is 5.50. The maximum atomic E-state index is 3.26. The highest BCUT2D eigenvalue weighted by atomic mass is 13.9. The summed E-state index contributed by atoms with van der Waals surface area (Å²) in [6.07, 6.45) is 20.0. The molecule has 0 saturated carbocycles. The number of hydrogen-bond acceptors (Lipinski definition) is 0. The van der Waals surface area contributed by atoms with Crippen molar-refractivity contribution >= 4 is 0 Å². The van der Waals surface area contributed by atoms with Crippen molar-refractivity contribution in [2.24, 2.45) is 0 Å². The minimum Gasteiger partial charge on any atom is -0.0882 e. The molecule has 11 heavy (non-hydrogen) atoms. The molecule has 59 valence electrons. The fourth-order valence-electron chi connectivity index (χ4n) is 1.06. The molecule has 0 aromatic heterocycles. The predicted molar refractivity (Wildman–Crippen MR) is 49.2 cm³/mol. The summed E-state index contributed by atoms with van der Waals surface area (Å²) in [5, 5.41) is 0. The van der Waals surface area contributed by atoms with E-state index in [1.165, 1.54) is 12.8 Å². The molecule has 0 nitrogen and oxygen atoms in total. The summed E-state index contributed by atoms with van der Waals surface area (Å²) in [6.45, 7) is 0. The third-order valence-corrected chi connectivity index (χ3v) is 1.69. The molecule has 0 unspecified atom stereocenters. The van der Waals surface area contributed by atoms with Crippen LogP contribution >= 0.6 is 0 Å². The molecular weight excluding hydrogens is 132 g/mol. The average Bonchev–Trinajstić information content (AvgIpc) is 2.08. The second-order valence-electron chi connectivity index (χ2n) is 2.70. The average molecular weight is 147 g/mol. The molecule has 0 N–H and O–H groups in total. The lowest BCUT2D eigenvalue weighted by atomic mass is 10.2. The summed E-state index contributed by atoms with van der Waals surface area (Å²) >= 11 is 0. The van der Waals surface area contributed by atoms with Crippen LogP contribution in [0, 0.1) is 6.08 Å². The van der Waals surface area contributed by atoms with Gasteiger partial charge in [-0.25, -0.2) is 0 Å². The molecule has 1 radical (unpaired) electrons. The Balaban J connectivity index is 2.34. The Hall–Kier alpha value is -0.780. The minimum atomic E-state index is 1.06. The van der Waals surface area contributed by atoms with Gasteiger partial charge in [0.25, 0.3) is 0 Å². The zero-order chi connectivity index (χ0) is 7.78. The Morgan fingerprint density at radius 3 is 2.45 bits per heavy atom. The quantitative estimate of drug-likeness (QED) is 0.460. The lowest BCUT2D eigenvalue weighted by molar-refractivity contribution is 0.994. The van der Waals surface area contributed by atoms with Crippen molar-refractivity contribution < 1.29 is 0 Å². The highest BCUT2D eigenvalue weighted by Crippen LogP contribution is 2.00. The Morgan fingerprint density at radius 2 is 1.55 bits per heavy atom. The van der Waals surface area contributed by atoms with Crippen LogP contribution in [-0.4, -0.2) is 0 Å². The SMILES string of the molecule is [C]1=C\C/C=C\CC/C=C/CC/1. The van der Waals surface area contributed by atoms with E-state index in [2.05, 4.69) is 36.5 Å². The lowest BCUT2D eigenvalue weighted by Crippen LogP contribution is -1.65. The van der Waals surface area contributed by atoms with Crippen molar-refractivity contribution in [2.75, 3.05) is 0 Å². The maximum absolute atomic E-state index is 3.26. The van der Waals surface area contributed by atoms with Crippen LogP contribution in [0.15, 0.2) is 30.4 Å². The van der Waals surface area contributed by atoms with Crippen molar-refractivity contribution in [1.29, 1.82) is 0 Å². The summed E-state index contributed by atoms with van der Waals surface area (Å²) in [6, 6.07) is 0. The third-order valence-electron chi connectivity index (χ3n) is 1.69. The van der Waals surface area contributed by atoms with Gasteiger partial charge >= 0.3 is 0 Å². The Bertz CT molecular complexity index is 143. The first kappa shape index (κ1) is 8.32. The molecular formula is C11H15. The maximum Gasteiger partial charge on any atom is -0.0163 e.